The first-order valence-electron chi connectivity index (χ1n) is 8.35. The van der Waals surface area contributed by atoms with Crippen molar-refractivity contribution in [2.45, 2.75) is 26.8 Å². The largest absolute Gasteiger partial charge is 0.340 e. The van der Waals surface area contributed by atoms with Gasteiger partial charge < -0.3 is 4.90 Å². The number of rotatable bonds is 5. The van der Waals surface area contributed by atoms with E-state index in [4.69, 9.17) is 12.2 Å². The van der Waals surface area contributed by atoms with Crippen LogP contribution in [-0.4, -0.2) is 33.2 Å². The molecule has 1 fully saturated rings. The van der Waals surface area contributed by atoms with Crippen molar-refractivity contribution in [2.75, 3.05) is 19.1 Å². The molecule has 0 unspecified atom stereocenters. The summed E-state index contributed by atoms with van der Waals surface area (Å²) in [5, 5.41) is 0. The van der Waals surface area contributed by atoms with Crippen LogP contribution >= 0.6 is 24.0 Å². The van der Waals surface area contributed by atoms with Gasteiger partial charge in [0.1, 0.15) is 4.32 Å². The Morgan fingerprint density at radius 2 is 1.50 bits per heavy atom. The molecule has 1 saturated heterocycles. The molecule has 0 saturated carbocycles. The molecule has 0 radical (unpaired) electrons. The lowest BCUT2D eigenvalue weighted by molar-refractivity contribution is 0.210. The third-order valence-corrected chi connectivity index (χ3v) is 5.94. The normalized spacial score (nSPS) is 15.8. The van der Waals surface area contributed by atoms with Crippen molar-refractivity contribution in [1.82, 2.24) is 9.80 Å². The minimum Gasteiger partial charge on any atom is -0.340 e. The van der Waals surface area contributed by atoms with Gasteiger partial charge >= 0.3 is 0 Å². The molecule has 2 aromatic carbocycles. The molecule has 1 aliphatic heterocycles. The Kier molecular flexibility index (Phi) is 5.93. The maximum absolute atomic E-state index is 5.56. The van der Waals surface area contributed by atoms with E-state index in [2.05, 4.69) is 72.2 Å². The molecule has 24 heavy (non-hydrogen) atoms. The van der Waals surface area contributed by atoms with Crippen LogP contribution in [0.2, 0.25) is 0 Å². The van der Waals surface area contributed by atoms with E-state index in [1.54, 1.807) is 11.8 Å². The van der Waals surface area contributed by atoms with Crippen LogP contribution in [0.3, 0.4) is 0 Å². The fourth-order valence-electron chi connectivity index (χ4n) is 2.78. The van der Waals surface area contributed by atoms with Crippen LogP contribution in [0, 0.1) is 13.8 Å². The molecular weight excluding hydrogens is 332 g/mol. The summed E-state index contributed by atoms with van der Waals surface area (Å²) in [5.41, 5.74) is 5.35. The molecule has 0 spiro atoms. The van der Waals surface area contributed by atoms with Gasteiger partial charge in [-0.25, -0.2) is 0 Å². The number of thioether (sulfide) groups is 1. The highest BCUT2D eigenvalue weighted by Gasteiger charge is 2.21. The van der Waals surface area contributed by atoms with E-state index in [9.17, 15) is 0 Å². The van der Waals surface area contributed by atoms with Gasteiger partial charge in [-0.15, -0.1) is 0 Å². The Balaban J connectivity index is 1.55. The van der Waals surface area contributed by atoms with Crippen LogP contribution < -0.4 is 0 Å². The number of nitrogens with zero attached hydrogens (tertiary/aromatic N) is 2. The standard InChI is InChI=1S/C20H24N2S2/c1-16-3-7-18(8-4-16)11-12-21-14-22(20(23)24-15-21)13-19-9-5-17(2)6-10-19/h3-10H,11-15H2,1-2H3. The SMILES string of the molecule is Cc1ccc(CCN2CSC(=S)N(Cc3ccc(C)cc3)C2)cc1. The van der Waals surface area contributed by atoms with Crippen molar-refractivity contribution >= 4 is 28.3 Å². The third kappa shape index (κ3) is 4.82. The molecule has 0 atom stereocenters. The zero-order chi connectivity index (χ0) is 16.9. The predicted molar refractivity (Wildman–Crippen MR) is 108 cm³/mol. The Hall–Kier alpha value is -1.36. The Bertz CT molecular complexity index is 680. The summed E-state index contributed by atoms with van der Waals surface area (Å²) in [5.74, 6) is 0.995. The summed E-state index contributed by atoms with van der Waals surface area (Å²) >= 11 is 7.34. The van der Waals surface area contributed by atoms with Crippen LogP contribution in [0.25, 0.3) is 0 Å². The second-order valence-electron chi connectivity index (χ2n) is 6.49. The van der Waals surface area contributed by atoms with Crippen LogP contribution in [0.5, 0.6) is 0 Å². The van der Waals surface area contributed by atoms with Crippen molar-refractivity contribution in [3.05, 3.63) is 70.8 Å². The second kappa shape index (κ2) is 8.15. The molecule has 3 rings (SSSR count). The predicted octanol–water partition coefficient (Wildman–Crippen LogP) is 4.60. The van der Waals surface area contributed by atoms with Gasteiger partial charge in [0, 0.05) is 13.1 Å². The topological polar surface area (TPSA) is 6.48 Å². The molecule has 4 heteroatoms. The number of hydrogen-bond acceptors (Lipinski definition) is 3. The smallest absolute Gasteiger partial charge is 0.138 e. The number of thiocarbonyl (C=S) groups is 1. The summed E-state index contributed by atoms with van der Waals surface area (Å²) in [6, 6.07) is 17.6. The van der Waals surface area contributed by atoms with Gasteiger partial charge in [0.2, 0.25) is 0 Å². The van der Waals surface area contributed by atoms with Gasteiger partial charge in [0.25, 0.3) is 0 Å². The molecular formula is C20H24N2S2. The average Bonchev–Trinajstić information content (AvgIpc) is 2.59. The molecule has 2 aromatic rings. The quantitative estimate of drug-likeness (QED) is 0.722. The fourth-order valence-corrected chi connectivity index (χ4v) is 3.87. The summed E-state index contributed by atoms with van der Waals surface area (Å²) in [6.07, 6.45) is 1.09. The highest BCUT2D eigenvalue weighted by Crippen LogP contribution is 2.21. The van der Waals surface area contributed by atoms with Crippen LogP contribution in [0.15, 0.2) is 48.5 Å². The monoisotopic (exact) mass is 356 g/mol. The van der Waals surface area contributed by atoms with E-state index in [0.29, 0.717) is 0 Å². The van der Waals surface area contributed by atoms with Gasteiger partial charge in [0.05, 0.1) is 12.5 Å². The van der Waals surface area contributed by atoms with E-state index in [-0.39, 0.29) is 0 Å². The second-order valence-corrected chi connectivity index (χ2v) is 8.07. The van der Waals surface area contributed by atoms with Crippen LogP contribution in [0.1, 0.15) is 22.3 Å². The van der Waals surface area contributed by atoms with E-state index in [1.807, 2.05) is 0 Å². The first-order chi connectivity index (χ1) is 11.6. The molecule has 0 amide bonds. The van der Waals surface area contributed by atoms with Crippen LogP contribution in [0.4, 0.5) is 0 Å². The molecule has 1 heterocycles. The van der Waals surface area contributed by atoms with E-state index in [1.165, 1.54) is 22.3 Å². The first-order valence-corrected chi connectivity index (χ1v) is 9.75. The van der Waals surface area contributed by atoms with Crippen molar-refractivity contribution in [1.29, 1.82) is 0 Å². The van der Waals surface area contributed by atoms with Crippen molar-refractivity contribution in [3.63, 3.8) is 0 Å². The Morgan fingerprint density at radius 1 is 0.917 bits per heavy atom. The van der Waals surface area contributed by atoms with E-state index < -0.39 is 0 Å². The lowest BCUT2D eigenvalue weighted by Gasteiger charge is -2.36. The molecule has 2 nitrogen and oxygen atoms in total. The Labute approximate surface area is 154 Å². The maximum atomic E-state index is 5.56. The minimum atomic E-state index is 0.896. The lowest BCUT2D eigenvalue weighted by Crippen LogP contribution is -2.44. The molecule has 0 aliphatic carbocycles. The Morgan fingerprint density at radius 3 is 2.12 bits per heavy atom. The van der Waals surface area contributed by atoms with Gasteiger partial charge in [0.15, 0.2) is 0 Å². The molecule has 1 aliphatic rings. The lowest BCUT2D eigenvalue weighted by atomic mass is 10.1. The minimum absolute atomic E-state index is 0.896. The highest BCUT2D eigenvalue weighted by atomic mass is 32.2. The maximum Gasteiger partial charge on any atom is 0.138 e. The van der Waals surface area contributed by atoms with Crippen molar-refractivity contribution < 1.29 is 0 Å². The zero-order valence-corrected chi connectivity index (χ0v) is 16.0. The first kappa shape index (κ1) is 17.5. The van der Waals surface area contributed by atoms with Crippen molar-refractivity contribution in [3.8, 4) is 0 Å². The number of aryl methyl sites for hydroxylation is 2. The van der Waals surface area contributed by atoms with Gasteiger partial charge in [-0.05, 0) is 31.4 Å². The zero-order valence-electron chi connectivity index (χ0n) is 14.4. The fraction of sp³-hybridized carbons (Fsp3) is 0.350. The molecule has 0 bridgehead atoms. The number of hydrogen-bond donors (Lipinski definition) is 0. The van der Waals surface area contributed by atoms with Crippen molar-refractivity contribution in [2.24, 2.45) is 0 Å². The summed E-state index contributed by atoms with van der Waals surface area (Å²) in [7, 11) is 0. The average molecular weight is 357 g/mol. The molecule has 0 aromatic heterocycles. The van der Waals surface area contributed by atoms with E-state index >= 15 is 0 Å². The number of benzene rings is 2. The summed E-state index contributed by atoms with van der Waals surface area (Å²) in [6.45, 7) is 7.15. The van der Waals surface area contributed by atoms with E-state index in [0.717, 1.165) is 36.4 Å². The summed E-state index contributed by atoms with van der Waals surface area (Å²) < 4.78 is 1.02. The van der Waals surface area contributed by atoms with Gasteiger partial charge in [-0.1, -0.05) is 83.6 Å². The molecule has 126 valence electrons. The van der Waals surface area contributed by atoms with Crippen LogP contribution in [-0.2, 0) is 13.0 Å². The van der Waals surface area contributed by atoms with Gasteiger partial charge in [-0.3, -0.25) is 4.90 Å². The summed E-state index contributed by atoms with van der Waals surface area (Å²) in [4.78, 5) is 4.79. The highest BCUT2D eigenvalue weighted by molar-refractivity contribution is 8.22. The molecule has 0 N–H and O–H groups in total. The third-order valence-electron chi connectivity index (χ3n) is 4.33. The van der Waals surface area contributed by atoms with Gasteiger partial charge in [-0.2, -0.15) is 0 Å².